The van der Waals surface area contributed by atoms with Crippen LogP contribution in [0.15, 0.2) is 35.5 Å². The van der Waals surface area contributed by atoms with Crippen molar-refractivity contribution in [2.24, 2.45) is 0 Å². The molecule has 0 aliphatic heterocycles. The van der Waals surface area contributed by atoms with Crippen LogP contribution in [0.25, 0.3) is 6.08 Å². The maximum atomic E-state index is 13.0. The Labute approximate surface area is 182 Å². The van der Waals surface area contributed by atoms with Gasteiger partial charge in [-0.05, 0) is 55.7 Å². The zero-order chi connectivity index (χ0) is 22.0. The van der Waals surface area contributed by atoms with Crippen LogP contribution in [0.5, 0.6) is 0 Å². The van der Waals surface area contributed by atoms with Gasteiger partial charge in [0.1, 0.15) is 18.5 Å². The molecule has 1 aliphatic rings. The Balaban J connectivity index is 1.59. The Kier molecular flexibility index (Phi) is 5.88. The van der Waals surface area contributed by atoms with Crippen LogP contribution < -0.4 is 10.6 Å². The van der Waals surface area contributed by atoms with Crippen LogP contribution in [0.1, 0.15) is 51.3 Å². The number of aromatic amines is 2. The fourth-order valence-electron chi connectivity index (χ4n) is 3.42. The molecule has 31 heavy (non-hydrogen) atoms. The van der Waals surface area contributed by atoms with Gasteiger partial charge in [0.25, 0.3) is 5.91 Å². The summed E-state index contributed by atoms with van der Waals surface area (Å²) < 4.78 is 0. The van der Waals surface area contributed by atoms with Crippen LogP contribution in [0.2, 0.25) is 0 Å². The minimum atomic E-state index is -0.611. The number of aromatic nitrogens is 4. The number of rotatable bonds is 6. The molecule has 1 atom stereocenters. The summed E-state index contributed by atoms with van der Waals surface area (Å²) in [6, 6.07) is 6.07. The van der Waals surface area contributed by atoms with Crippen molar-refractivity contribution in [1.29, 1.82) is 0 Å². The summed E-state index contributed by atoms with van der Waals surface area (Å²) in [7, 11) is 0. The second-order valence-corrected chi connectivity index (χ2v) is 7.70. The predicted octanol–water partition coefficient (Wildman–Crippen LogP) is 2.42. The molecule has 0 radical (unpaired) electrons. The number of anilines is 1. The number of amides is 2. The molecular weight excluding hydrogens is 420 g/mol. The predicted molar refractivity (Wildman–Crippen MR) is 116 cm³/mol. The highest BCUT2D eigenvalue weighted by Gasteiger charge is 2.25. The monoisotopic (exact) mass is 440 g/mol. The summed E-state index contributed by atoms with van der Waals surface area (Å²) in [6.45, 7) is 1.16. The van der Waals surface area contributed by atoms with Gasteiger partial charge in [0.15, 0.2) is 0 Å². The summed E-state index contributed by atoms with van der Waals surface area (Å²) in [6.07, 6.45) is 5.00. The van der Waals surface area contributed by atoms with E-state index in [-0.39, 0.29) is 5.91 Å². The molecule has 0 saturated carbocycles. The third kappa shape index (κ3) is 4.52. The molecule has 160 valence electrons. The molecule has 0 spiro atoms. The number of benzene rings is 1. The molecule has 5 N–H and O–H groups in total. The molecule has 2 aromatic heterocycles. The van der Waals surface area contributed by atoms with Gasteiger partial charge in [-0.2, -0.15) is 5.10 Å². The number of carbonyl (C=O) groups is 2. The van der Waals surface area contributed by atoms with Crippen LogP contribution in [0, 0.1) is 6.92 Å². The highest BCUT2D eigenvalue weighted by Crippen LogP contribution is 2.27. The van der Waals surface area contributed by atoms with Gasteiger partial charge in [0.2, 0.25) is 5.91 Å². The maximum Gasteiger partial charge on any atom is 0.252 e. The largest absolute Gasteiger partial charge is 0.387 e. The lowest BCUT2D eigenvalue weighted by atomic mass is 10.1. The van der Waals surface area contributed by atoms with E-state index in [9.17, 15) is 9.59 Å². The van der Waals surface area contributed by atoms with Gasteiger partial charge < -0.3 is 20.7 Å². The average Bonchev–Trinajstić information content (AvgIpc) is 3.42. The molecule has 4 rings (SSSR count). The highest BCUT2D eigenvalue weighted by atomic mass is 35.5. The Morgan fingerprint density at radius 2 is 2.13 bits per heavy atom. The number of aliphatic hydroxyl groups excluding tert-OH is 1. The molecule has 1 aromatic carbocycles. The SMILES string of the molecule is Cc1cc(C(=O)NC(c2cc[nH]n2)c2nc3c([nH]2)CCC(Cl)=C3)ccc1NC(=O)CO. The Morgan fingerprint density at radius 3 is 2.84 bits per heavy atom. The smallest absolute Gasteiger partial charge is 0.252 e. The van der Waals surface area contributed by atoms with Crippen molar-refractivity contribution in [3.63, 3.8) is 0 Å². The van der Waals surface area contributed by atoms with E-state index in [2.05, 4.69) is 30.8 Å². The van der Waals surface area contributed by atoms with Crippen LogP contribution >= 0.6 is 11.6 Å². The number of fused-ring (bicyclic) bond motifs is 1. The van der Waals surface area contributed by atoms with Crippen molar-refractivity contribution in [3.05, 3.63) is 69.5 Å². The molecule has 2 amide bonds. The molecule has 3 aromatic rings. The van der Waals surface area contributed by atoms with Crippen molar-refractivity contribution < 1.29 is 14.7 Å². The summed E-state index contributed by atoms with van der Waals surface area (Å²) in [5, 5.41) is 22.2. The van der Waals surface area contributed by atoms with Gasteiger partial charge in [-0.25, -0.2) is 4.98 Å². The number of halogens is 1. The van der Waals surface area contributed by atoms with Crippen molar-refractivity contribution in [2.75, 3.05) is 11.9 Å². The Hall–Kier alpha value is -3.43. The maximum absolute atomic E-state index is 13.0. The number of hydrogen-bond acceptors (Lipinski definition) is 5. The van der Waals surface area contributed by atoms with E-state index < -0.39 is 18.6 Å². The molecule has 2 heterocycles. The lowest BCUT2D eigenvalue weighted by Crippen LogP contribution is -2.30. The summed E-state index contributed by atoms with van der Waals surface area (Å²) >= 11 is 6.15. The van der Waals surface area contributed by atoms with Gasteiger partial charge in [0, 0.05) is 28.2 Å². The molecule has 0 bridgehead atoms. The third-order valence-electron chi connectivity index (χ3n) is 5.01. The first-order chi connectivity index (χ1) is 14.9. The second kappa shape index (κ2) is 8.75. The van der Waals surface area contributed by atoms with E-state index >= 15 is 0 Å². The molecule has 9 nitrogen and oxygen atoms in total. The van der Waals surface area contributed by atoms with Gasteiger partial charge in [-0.3, -0.25) is 14.7 Å². The number of hydrogen-bond donors (Lipinski definition) is 5. The topological polar surface area (TPSA) is 136 Å². The van der Waals surface area contributed by atoms with Crippen molar-refractivity contribution >= 4 is 35.2 Å². The fraction of sp³-hybridized carbons (Fsp3) is 0.238. The first-order valence-electron chi connectivity index (χ1n) is 9.71. The van der Waals surface area contributed by atoms with E-state index in [1.807, 2.05) is 6.08 Å². The van der Waals surface area contributed by atoms with Gasteiger partial charge in [-0.15, -0.1) is 0 Å². The number of H-pyrrole nitrogens is 2. The normalized spacial score (nSPS) is 13.8. The van der Waals surface area contributed by atoms with Crippen LogP contribution in [0.4, 0.5) is 5.69 Å². The third-order valence-corrected chi connectivity index (χ3v) is 5.31. The number of imidazole rings is 1. The van der Waals surface area contributed by atoms with Crippen LogP contribution in [0.3, 0.4) is 0 Å². The average molecular weight is 441 g/mol. The van der Waals surface area contributed by atoms with Gasteiger partial charge in [0.05, 0.1) is 11.4 Å². The summed E-state index contributed by atoms with van der Waals surface area (Å²) in [5.41, 5.74) is 3.98. The molecule has 10 heteroatoms. The van der Waals surface area contributed by atoms with Crippen molar-refractivity contribution in [2.45, 2.75) is 25.8 Å². The van der Waals surface area contributed by atoms with E-state index in [4.69, 9.17) is 16.7 Å². The van der Waals surface area contributed by atoms with E-state index in [1.54, 1.807) is 37.4 Å². The van der Waals surface area contributed by atoms with Crippen molar-refractivity contribution in [1.82, 2.24) is 25.5 Å². The number of nitrogens with one attached hydrogen (secondary N) is 4. The highest BCUT2D eigenvalue weighted by molar-refractivity contribution is 6.31. The zero-order valence-corrected chi connectivity index (χ0v) is 17.5. The molecule has 0 fully saturated rings. The first kappa shape index (κ1) is 20.8. The second-order valence-electron chi connectivity index (χ2n) is 7.22. The van der Waals surface area contributed by atoms with Gasteiger partial charge in [-0.1, -0.05) is 11.6 Å². The lowest BCUT2D eigenvalue weighted by Gasteiger charge is -2.16. The number of aliphatic hydroxyl groups is 1. The molecule has 1 unspecified atom stereocenters. The van der Waals surface area contributed by atoms with E-state index in [0.717, 1.165) is 29.3 Å². The minimum Gasteiger partial charge on any atom is -0.387 e. The number of aryl methyl sites for hydroxylation is 2. The summed E-state index contributed by atoms with van der Waals surface area (Å²) in [4.78, 5) is 32.3. The Bertz CT molecular complexity index is 1150. The fourth-order valence-corrected chi connectivity index (χ4v) is 3.62. The van der Waals surface area contributed by atoms with Crippen molar-refractivity contribution in [3.8, 4) is 0 Å². The van der Waals surface area contributed by atoms with Crippen LogP contribution in [-0.4, -0.2) is 43.7 Å². The Morgan fingerprint density at radius 1 is 1.29 bits per heavy atom. The number of allylic oxidation sites excluding steroid dienone is 1. The quantitative estimate of drug-likeness (QED) is 0.401. The standard InChI is InChI=1S/C21H21ClN6O3/c1-11-8-12(2-4-14(11)24-18(30)10-29)21(31)27-19(16-6-7-23-28-16)20-25-15-5-3-13(22)9-17(15)26-20/h2,4,6-9,19,29H,3,5,10H2,1H3,(H,23,28)(H,24,30)(H,25,26)(H,27,31). The molecular formula is C21H21ClN6O3. The molecule has 1 aliphatic carbocycles. The molecule has 0 saturated heterocycles. The van der Waals surface area contributed by atoms with Crippen LogP contribution in [-0.2, 0) is 11.2 Å². The number of carbonyl (C=O) groups excluding carboxylic acids is 2. The first-order valence-corrected chi connectivity index (χ1v) is 10.1. The zero-order valence-electron chi connectivity index (χ0n) is 16.7. The summed E-state index contributed by atoms with van der Waals surface area (Å²) in [5.74, 6) is -0.273. The van der Waals surface area contributed by atoms with E-state index in [0.29, 0.717) is 28.3 Å². The van der Waals surface area contributed by atoms with E-state index in [1.165, 1.54) is 0 Å². The van der Waals surface area contributed by atoms with Gasteiger partial charge >= 0.3 is 0 Å². The minimum absolute atomic E-state index is 0.320. The lowest BCUT2D eigenvalue weighted by molar-refractivity contribution is -0.118. The number of nitrogens with zero attached hydrogens (tertiary/aromatic N) is 2.